The predicted octanol–water partition coefficient (Wildman–Crippen LogP) is 4.43. The van der Waals surface area contributed by atoms with Crippen LogP contribution in [-0.4, -0.2) is 38.9 Å². The molecule has 2 atom stereocenters. The summed E-state index contributed by atoms with van der Waals surface area (Å²) in [6, 6.07) is 0. The van der Waals surface area contributed by atoms with Crippen molar-refractivity contribution in [3.63, 3.8) is 0 Å². The van der Waals surface area contributed by atoms with Crippen molar-refractivity contribution in [2.24, 2.45) is 5.92 Å². The Morgan fingerprint density at radius 2 is 2.06 bits per heavy atom. The second kappa shape index (κ2) is 10.7. The highest BCUT2D eigenvalue weighted by molar-refractivity contribution is 8.17. The van der Waals surface area contributed by atoms with Crippen LogP contribution in [0, 0.1) is 17.7 Å². The maximum atomic E-state index is 13.0. The number of carbonyl (C=O) groups is 2. The van der Waals surface area contributed by atoms with Gasteiger partial charge in [0.15, 0.2) is 10.8 Å². The minimum Gasteiger partial charge on any atom is -0.368 e. The van der Waals surface area contributed by atoms with Gasteiger partial charge in [-0.2, -0.15) is 0 Å². The quantitative estimate of drug-likeness (QED) is 0.401. The number of aromatic amines is 1. The average molecular weight is 503 g/mol. The van der Waals surface area contributed by atoms with Gasteiger partial charge in [0.25, 0.3) is 11.9 Å². The molecule has 0 amide bonds. The molecule has 4 rings (SSSR count). The van der Waals surface area contributed by atoms with Crippen LogP contribution >= 0.6 is 23.5 Å². The van der Waals surface area contributed by atoms with E-state index in [1.165, 1.54) is 41.0 Å². The summed E-state index contributed by atoms with van der Waals surface area (Å²) in [5, 5.41) is 3.56. The second-order valence-electron chi connectivity index (χ2n) is 8.79. The van der Waals surface area contributed by atoms with Gasteiger partial charge in [-0.05, 0) is 36.8 Å². The van der Waals surface area contributed by atoms with E-state index in [-0.39, 0.29) is 15.9 Å². The third-order valence-electron chi connectivity index (χ3n) is 6.80. The lowest BCUT2D eigenvalue weighted by atomic mass is 9.81. The summed E-state index contributed by atoms with van der Waals surface area (Å²) in [4.78, 5) is 39.8. The van der Waals surface area contributed by atoms with Crippen LogP contribution in [0.2, 0.25) is 0 Å². The fourth-order valence-corrected chi connectivity index (χ4v) is 6.58. The van der Waals surface area contributed by atoms with Gasteiger partial charge in [-0.3, -0.25) is 9.59 Å². The minimum absolute atomic E-state index is 0.0717. The summed E-state index contributed by atoms with van der Waals surface area (Å²) in [5.74, 6) is 1.40. The molecule has 2 N–H and O–H groups in total. The maximum absolute atomic E-state index is 13.0. The van der Waals surface area contributed by atoms with E-state index < -0.39 is 5.60 Å². The van der Waals surface area contributed by atoms with Gasteiger partial charge in [0, 0.05) is 40.6 Å². The van der Waals surface area contributed by atoms with Gasteiger partial charge in [-0.1, -0.05) is 49.5 Å². The fourth-order valence-electron chi connectivity index (χ4n) is 4.90. The van der Waals surface area contributed by atoms with E-state index in [2.05, 4.69) is 36.3 Å². The van der Waals surface area contributed by atoms with E-state index in [4.69, 9.17) is 4.74 Å². The van der Waals surface area contributed by atoms with Crippen molar-refractivity contribution in [3.05, 3.63) is 63.4 Å². The first-order valence-electron chi connectivity index (χ1n) is 11.9. The number of fused-ring (bicyclic) bond motifs is 2. The summed E-state index contributed by atoms with van der Waals surface area (Å²) in [6.45, 7) is 6.56. The molecule has 0 saturated carbocycles. The molecular formula is C25H32N3O4S2+. The largest absolute Gasteiger partial charge is 0.368 e. The SMILES string of the molecule is CCC1=C2NC3=C(CCOC3(CC)CC(=O)SCCSC(=O)c3c[n+](=O)c(C)c[nH]3)C2CC=C1. The van der Waals surface area contributed by atoms with Crippen molar-refractivity contribution in [3.8, 4) is 0 Å². The van der Waals surface area contributed by atoms with E-state index in [0.717, 1.165) is 43.1 Å². The normalized spacial score (nSPS) is 23.6. The number of rotatable bonds is 8. The number of aromatic nitrogens is 2. The topological polar surface area (TPSA) is 94.2 Å². The van der Waals surface area contributed by atoms with Crippen molar-refractivity contribution in [2.45, 2.75) is 58.5 Å². The highest BCUT2D eigenvalue weighted by Crippen LogP contribution is 2.47. The number of nitrogens with zero attached hydrogens (tertiary/aromatic N) is 1. The zero-order chi connectivity index (χ0) is 24.3. The first-order valence-corrected chi connectivity index (χ1v) is 13.8. The van der Waals surface area contributed by atoms with Gasteiger partial charge >= 0.3 is 0 Å². The predicted molar refractivity (Wildman–Crippen MR) is 136 cm³/mol. The van der Waals surface area contributed by atoms with E-state index in [1.807, 2.05) is 0 Å². The third kappa shape index (κ3) is 4.97. The second-order valence-corrected chi connectivity index (χ2v) is 11.0. The molecule has 7 nitrogen and oxygen atoms in total. The molecule has 0 bridgehead atoms. The highest BCUT2D eigenvalue weighted by Gasteiger charge is 2.46. The first-order chi connectivity index (χ1) is 16.4. The highest BCUT2D eigenvalue weighted by atomic mass is 32.2. The summed E-state index contributed by atoms with van der Waals surface area (Å²) in [7, 11) is 0. The van der Waals surface area contributed by atoms with E-state index in [9.17, 15) is 14.5 Å². The lowest BCUT2D eigenvalue weighted by Crippen LogP contribution is -2.43. The molecule has 3 heterocycles. The number of H-pyrrole nitrogens is 1. The molecule has 1 aliphatic carbocycles. The van der Waals surface area contributed by atoms with Crippen LogP contribution in [-0.2, 0) is 9.53 Å². The van der Waals surface area contributed by atoms with Crippen LogP contribution in [0.4, 0.5) is 0 Å². The van der Waals surface area contributed by atoms with E-state index in [1.54, 1.807) is 6.92 Å². The number of carbonyl (C=O) groups excluding carboxylic acids is 2. The molecule has 0 spiro atoms. The molecule has 2 unspecified atom stereocenters. The summed E-state index contributed by atoms with van der Waals surface area (Å²) < 4.78 is 6.97. The molecule has 3 aliphatic rings. The number of thioether (sulfide) groups is 2. The van der Waals surface area contributed by atoms with Crippen LogP contribution < -0.4 is 9.74 Å². The smallest absolute Gasteiger partial charge is 0.256 e. The maximum Gasteiger partial charge on any atom is 0.256 e. The van der Waals surface area contributed by atoms with Crippen LogP contribution in [0.25, 0.3) is 0 Å². The lowest BCUT2D eigenvalue weighted by molar-refractivity contribution is -0.503. The Hall–Kier alpha value is -2.10. The third-order valence-corrected chi connectivity index (χ3v) is 8.83. The van der Waals surface area contributed by atoms with Crippen molar-refractivity contribution in [1.82, 2.24) is 10.3 Å². The van der Waals surface area contributed by atoms with Crippen LogP contribution in [0.15, 0.2) is 47.1 Å². The minimum atomic E-state index is -0.609. The van der Waals surface area contributed by atoms with Crippen LogP contribution in [0.5, 0.6) is 0 Å². The molecule has 34 heavy (non-hydrogen) atoms. The van der Waals surface area contributed by atoms with Crippen LogP contribution in [0.1, 0.15) is 62.1 Å². The molecule has 1 aromatic heterocycles. The van der Waals surface area contributed by atoms with Gasteiger partial charge in [0.05, 0.1) is 23.7 Å². The molecule has 9 heteroatoms. The standard InChI is InChI=1S/C25H32N3O4S2/c1-4-17-7-6-8-18-19-9-10-32-25(5-2,23(19)27-22(17)18)13-21(29)33-11-12-34-24(30)20-15-28(31)16(3)14-26-20/h6-7,14-15,18,27H,4-5,8-13H2,1-3H3,(H,26,31)/q+1. The summed E-state index contributed by atoms with van der Waals surface area (Å²) >= 11 is 2.35. The van der Waals surface area contributed by atoms with Gasteiger partial charge in [-0.15, -0.1) is 0 Å². The average Bonchev–Trinajstić information content (AvgIpc) is 3.23. The monoisotopic (exact) mass is 502 g/mol. The van der Waals surface area contributed by atoms with E-state index >= 15 is 0 Å². The van der Waals surface area contributed by atoms with Gasteiger partial charge < -0.3 is 15.0 Å². The first kappa shape index (κ1) is 25.0. The van der Waals surface area contributed by atoms with Crippen molar-refractivity contribution in [2.75, 3.05) is 18.1 Å². The zero-order valence-corrected chi connectivity index (χ0v) is 21.6. The summed E-state index contributed by atoms with van der Waals surface area (Å²) in [5.41, 5.74) is 5.28. The zero-order valence-electron chi connectivity index (χ0n) is 19.9. The Balaban J connectivity index is 1.35. The number of nitrogens with one attached hydrogen (secondary N) is 2. The number of aryl methyl sites for hydroxylation is 1. The Bertz CT molecular complexity index is 1140. The Morgan fingerprint density at radius 3 is 2.79 bits per heavy atom. The van der Waals surface area contributed by atoms with Crippen LogP contribution in [0.3, 0.4) is 0 Å². The Kier molecular flexibility index (Phi) is 7.84. The summed E-state index contributed by atoms with van der Waals surface area (Å²) in [6.07, 6.45) is 11.2. The number of allylic oxidation sites excluding steroid dienone is 4. The molecular weight excluding hydrogens is 470 g/mol. The molecule has 0 radical (unpaired) electrons. The number of hydrogen-bond donors (Lipinski definition) is 2. The van der Waals surface area contributed by atoms with Crippen molar-refractivity contribution in [1.29, 1.82) is 0 Å². The number of hydrogen-bond acceptors (Lipinski definition) is 7. The molecule has 182 valence electrons. The Morgan fingerprint density at radius 1 is 1.26 bits per heavy atom. The Labute approximate surface area is 208 Å². The fraction of sp³-hybridized carbons (Fsp3) is 0.520. The van der Waals surface area contributed by atoms with Gasteiger partial charge in [-0.25, -0.2) is 0 Å². The lowest BCUT2D eigenvalue weighted by Gasteiger charge is -2.38. The van der Waals surface area contributed by atoms with Gasteiger partial charge in [0.1, 0.15) is 5.60 Å². The van der Waals surface area contributed by atoms with Gasteiger partial charge in [0.2, 0.25) is 5.12 Å². The van der Waals surface area contributed by atoms with Crippen molar-refractivity contribution < 1.29 is 18.8 Å². The molecule has 2 aliphatic heterocycles. The van der Waals surface area contributed by atoms with E-state index in [0.29, 0.717) is 40.6 Å². The molecule has 0 aromatic carbocycles. The molecule has 1 aromatic rings. The molecule has 0 saturated heterocycles. The number of ether oxygens (including phenoxy) is 1. The molecule has 0 fully saturated rings. The van der Waals surface area contributed by atoms with Crippen molar-refractivity contribution >= 4 is 33.8 Å².